The standard InChI is InChI=1S/C25H39N3O3S/c1-13(22(31)26-15-7-8-15)16-9-10-25(6)11-17-20(14(2)19(25)21(16)30)28-23(32-17)27-18(29)12-24(3,4)5/h13-16,19,21,30H,7-12H2,1-6H3,(H,26,31)(H,27,28,29)/t13-,14-,16+,19+,21-,25-/m0/s1. The molecule has 178 valence electrons. The molecule has 2 amide bonds. The summed E-state index contributed by atoms with van der Waals surface area (Å²) in [5, 5.41) is 18.3. The van der Waals surface area contributed by atoms with Gasteiger partial charge in [-0.2, -0.15) is 0 Å². The predicted molar refractivity (Wildman–Crippen MR) is 128 cm³/mol. The molecule has 0 saturated heterocycles. The zero-order chi connectivity index (χ0) is 23.4. The van der Waals surface area contributed by atoms with E-state index in [0.29, 0.717) is 17.6 Å². The highest BCUT2D eigenvalue weighted by Gasteiger charge is 2.54. The van der Waals surface area contributed by atoms with E-state index in [4.69, 9.17) is 4.98 Å². The van der Waals surface area contributed by atoms with Crippen LogP contribution in [0.15, 0.2) is 0 Å². The first-order valence-corrected chi connectivity index (χ1v) is 13.0. The van der Waals surface area contributed by atoms with Crippen molar-refractivity contribution in [1.29, 1.82) is 0 Å². The third kappa shape index (κ3) is 4.74. The van der Waals surface area contributed by atoms with E-state index in [1.807, 2.05) is 6.92 Å². The molecule has 2 saturated carbocycles. The molecule has 2 fully saturated rings. The van der Waals surface area contributed by atoms with Crippen molar-refractivity contribution in [1.82, 2.24) is 10.3 Å². The Morgan fingerprint density at radius 1 is 1.28 bits per heavy atom. The number of hydrogen-bond acceptors (Lipinski definition) is 5. The lowest BCUT2D eigenvalue weighted by molar-refractivity contribution is -0.134. The molecule has 32 heavy (non-hydrogen) atoms. The molecule has 0 aromatic carbocycles. The van der Waals surface area contributed by atoms with E-state index >= 15 is 0 Å². The summed E-state index contributed by atoms with van der Waals surface area (Å²) in [7, 11) is 0. The third-order valence-electron chi connectivity index (χ3n) is 7.84. The Bertz CT molecular complexity index is 887. The normalized spacial score (nSPS) is 33.1. The van der Waals surface area contributed by atoms with Crippen LogP contribution < -0.4 is 10.6 Å². The fraction of sp³-hybridized carbons (Fsp3) is 0.800. The van der Waals surface area contributed by atoms with Gasteiger partial charge in [0.15, 0.2) is 5.13 Å². The number of nitrogens with zero attached hydrogens (tertiary/aromatic N) is 1. The molecule has 1 aromatic heterocycles. The first-order chi connectivity index (χ1) is 14.9. The van der Waals surface area contributed by atoms with Crippen LogP contribution in [0.2, 0.25) is 0 Å². The zero-order valence-corrected chi connectivity index (χ0v) is 21.1. The average Bonchev–Trinajstić information content (AvgIpc) is 3.38. The third-order valence-corrected chi connectivity index (χ3v) is 8.83. The summed E-state index contributed by atoms with van der Waals surface area (Å²) >= 11 is 1.59. The van der Waals surface area contributed by atoms with Gasteiger partial charge in [-0.05, 0) is 54.8 Å². The maximum atomic E-state index is 12.7. The first-order valence-electron chi connectivity index (χ1n) is 12.2. The Balaban J connectivity index is 1.51. The molecule has 1 aromatic rings. The molecule has 0 aliphatic heterocycles. The number of anilines is 1. The SMILES string of the molecule is C[C@H](C(=O)NC1CC1)[C@H]1CC[C@@]2(C)Cc3sc(NC(=O)CC(C)(C)C)nc3[C@@H](C)[C@@H]2[C@H]1O. The number of thiazole rings is 1. The minimum absolute atomic E-state index is 0.00419. The number of carbonyl (C=O) groups is 2. The Kier molecular flexibility index (Phi) is 6.21. The largest absolute Gasteiger partial charge is 0.392 e. The number of aliphatic hydroxyl groups is 1. The van der Waals surface area contributed by atoms with E-state index in [1.165, 1.54) is 4.88 Å². The second-order valence-corrected chi connectivity index (χ2v) is 13.1. The lowest BCUT2D eigenvalue weighted by Gasteiger charge is -2.53. The number of aromatic nitrogens is 1. The van der Waals surface area contributed by atoms with Gasteiger partial charge < -0.3 is 15.7 Å². The van der Waals surface area contributed by atoms with Gasteiger partial charge in [-0.3, -0.25) is 9.59 Å². The number of carbonyl (C=O) groups excluding carboxylic acids is 2. The van der Waals surface area contributed by atoms with Gasteiger partial charge in [0, 0.05) is 29.2 Å². The fourth-order valence-electron chi connectivity index (χ4n) is 6.00. The van der Waals surface area contributed by atoms with Crippen molar-refractivity contribution in [2.24, 2.45) is 28.6 Å². The van der Waals surface area contributed by atoms with Gasteiger partial charge in [0.05, 0.1) is 11.8 Å². The van der Waals surface area contributed by atoms with Crippen LogP contribution in [0, 0.1) is 28.6 Å². The van der Waals surface area contributed by atoms with E-state index in [0.717, 1.165) is 37.8 Å². The minimum atomic E-state index is -0.530. The van der Waals surface area contributed by atoms with Gasteiger partial charge in [-0.1, -0.05) is 41.5 Å². The minimum Gasteiger partial charge on any atom is -0.392 e. The molecule has 1 heterocycles. The van der Waals surface area contributed by atoms with Gasteiger partial charge in [-0.15, -0.1) is 11.3 Å². The Labute approximate surface area is 196 Å². The highest BCUT2D eigenvalue weighted by atomic mass is 32.1. The van der Waals surface area contributed by atoms with E-state index in [-0.39, 0.29) is 46.3 Å². The molecule has 0 bridgehead atoms. The summed E-state index contributed by atoms with van der Waals surface area (Å²) in [5.41, 5.74) is 0.922. The molecule has 6 atom stereocenters. The Morgan fingerprint density at radius 2 is 1.97 bits per heavy atom. The van der Waals surface area contributed by atoms with Gasteiger partial charge in [0.2, 0.25) is 11.8 Å². The summed E-state index contributed by atoms with van der Waals surface area (Å²) in [6, 6.07) is 0.342. The highest BCUT2D eigenvalue weighted by Crippen LogP contribution is 2.57. The molecule has 7 heteroatoms. The van der Waals surface area contributed by atoms with Crippen LogP contribution in [0.3, 0.4) is 0 Å². The summed E-state index contributed by atoms with van der Waals surface area (Å²) < 4.78 is 0. The molecule has 0 unspecified atom stereocenters. The summed E-state index contributed by atoms with van der Waals surface area (Å²) in [6.07, 6.45) is 4.80. The monoisotopic (exact) mass is 461 g/mol. The summed E-state index contributed by atoms with van der Waals surface area (Å²) in [4.78, 5) is 31.2. The lowest BCUT2D eigenvalue weighted by atomic mass is 9.53. The molecular weight excluding hydrogens is 422 g/mol. The Hall–Kier alpha value is -1.47. The van der Waals surface area contributed by atoms with Crippen molar-refractivity contribution in [3.05, 3.63) is 10.6 Å². The maximum absolute atomic E-state index is 12.7. The van der Waals surface area contributed by atoms with Crippen molar-refractivity contribution in [3.63, 3.8) is 0 Å². The number of rotatable bonds is 5. The first kappa shape index (κ1) is 23.7. The molecule has 6 nitrogen and oxygen atoms in total. The van der Waals surface area contributed by atoms with Crippen LogP contribution in [-0.2, 0) is 16.0 Å². The summed E-state index contributed by atoms with van der Waals surface area (Å²) in [6.45, 7) is 12.6. The maximum Gasteiger partial charge on any atom is 0.226 e. The molecule has 3 aliphatic rings. The van der Waals surface area contributed by atoms with Gasteiger partial charge in [0.1, 0.15) is 0 Å². The predicted octanol–water partition coefficient (Wildman–Crippen LogP) is 4.49. The van der Waals surface area contributed by atoms with Crippen LogP contribution in [0.25, 0.3) is 0 Å². The van der Waals surface area contributed by atoms with Gasteiger partial charge in [-0.25, -0.2) is 4.98 Å². The van der Waals surface area contributed by atoms with Crippen molar-refractivity contribution in [2.75, 3.05) is 5.32 Å². The number of nitrogens with one attached hydrogen (secondary N) is 2. The van der Waals surface area contributed by atoms with Crippen molar-refractivity contribution in [2.45, 2.75) is 98.1 Å². The average molecular weight is 462 g/mol. The van der Waals surface area contributed by atoms with E-state index in [2.05, 4.69) is 45.3 Å². The van der Waals surface area contributed by atoms with Crippen LogP contribution in [0.4, 0.5) is 5.13 Å². The second-order valence-electron chi connectivity index (χ2n) is 12.0. The van der Waals surface area contributed by atoms with E-state index < -0.39 is 6.10 Å². The number of hydrogen-bond donors (Lipinski definition) is 3. The van der Waals surface area contributed by atoms with E-state index in [9.17, 15) is 14.7 Å². The molecule has 3 aliphatic carbocycles. The number of amides is 2. The second kappa shape index (κ2) is 8.39. The lowest BCUT2D eigenvalue weighted by Crippen LogP contribution is -2.53. The van der Waals surface area contributed by atoms with Crippen LogP contribution >= 0.6 is 11.3 Å². The molecule has 0 radical (unpaired) electrons. The molecule has 0 spiro atoms. The highest BCUT2D eigenvalue weighted by molar-refractivity contribution is 7.15. The number of fused-ring (bicyclic) bond motifs is 2. The number of aliphatic hydroxyl groups excluding tert-OH is 1. The van der Waals surface area contributed by atoms with Crippen LogP contribution in [-0.4, -0.2) is 34.1 Å². The topological polar surface area (TPSA) is 91.3 Å². The quantitative estimate of drug-likeness (QED) is 0.603. The van der Waals surface area contributed by atoms with Crippen LogP contribution in [0.5, 0.6) is 0 Å². The van der Waals surface area contributed by atoms with E-state index in [1.54, 1.807) is 11.3 Å². The van der Waals surface area contributed by atoms with Crippen molar-refractivity contribution in [3.8, 4) is 0 Å². The summed E-state index contributed by atoms with van der Waals surface area (Å²) in [5.74, 6) is 0.0130. The zero-order valence-electron chi connectivity index (χ0n) is 20.3. The molecular formula is C25H39N3O3S. The molecule has 3 N–H and O–H groups in total. The van der Waals surface area contributed by atoms with Crippen LogP contribution in [0.1, 0.15) is 90.1 Å². The fourth-order valence-corrected chi connectivity index (χ4v) is 7.28. The van der Waals surface area contributed by atoms with Crippen molar-refractivity contribution < 1.29 is 14.7 Å². The van der Waals surface area contributed by atoms with Gasteiger partial charge in [0.25, 0.3) is 0 Å². The van der Waals surface area contributed by atoms with Gasteiger partial charge >= 0.3 is 0 Å². The smallest absolute Gasteiger partial charge is 0.226 e. The molecule has 4 rings (SSSR count). The van der Waals surface area contributed by atoms with Crippen molar-refractivity contribution >= 4 is 28.3 Å². The Morgan fingerprint density at radius 3 is 2.59 bits per heavy atom.